The maximum Gasteiger partial charge on any atom is 0.287 e. The number of rotatable bonds is 5. The van der Waals surface area contributed by atoms with Crippen molar-refractivity contribution < 1.29 is 17.6 Å². The molecule has 1 atom stereocenters. The summed E-state index contributed by atoms with van der Waals surface area (Å²) in [6, 6.07) is 1.22. The number of carbonyl (C=O) groups is 1. The Morgan fingerprint density at radius 2 is 2.21 bits per heavy atom. The monoisotopic (exact) mass is 286 g/mol. The number of hydrogen-bond acceptors (Lipinski definition) is 4. The molecule has 0 aromatic carbocycles. The van der Waals surface area contributed by atoms with Crippen molar-refractivity contribution in [3.63, 3.8) is 0 Å². The molecular formula is C12H18N2O4S. The zero-order valence-electron chi connectivity index (χ0n) is 11.0. The maximum atomic E-state index is 11.9. The maximum absolute atomic E-state index is 11.9. The fourth-order valence-electron chi connectivity index (χ4n) is 2.07. The molecule has 6 nitrogen and oxygen atoms in total. The van der Waals surface area contributed by atoms with Crippen LogP contribution in [0.5, 0.6) is 0 Å². The Labute approximate surface area is 112 Å². The molecule has 1 amide bonds. The molecule has 1 aliphatic rings. The van der Waals surface area contributed by atoms with Gasteiger partial charge in [-0.25, -0.2) is 13.6 Å². The first-order valence-electron chi connectivity index (χ1n) is 6.21. The topological polar surface area (TPSA) is 102 Å². The Morgan fingerprint density at radius 1 is 1.58 bits per heavy atom. The molecule has 1 heterocycles. The van der Waals surface area contributed by atoms with Crippen molar-refractivity contribution in [2.75, 3.05) is 0 Å². The zero-order valence-corrected chi connectivity index (χ0v) is 11.8. The van der Waals surface area contributed by atoms with Crippen molar-refractivity contribution in [3.8, 4) is 0 Å². The minimum Gasteiger partial charge on any atom is -0.455 e. The van der Waals surface area contributed by atoms with Crippen LogP contribution in [-0.2, 0) is 10.0 Å². The Balaban J connectivity index is 2.06. The third kappa shape index (κ3) is 3.57. The Kier molecular flexibility index (Phi) is 3.69. The van der Waals surface area contributed by atoms with E-state index in [2.05, 4.69) is 5.32 Å². The van der Waals surface area contributed by atoms with Crippen LogP contribution in [0.2, 0.25) is 0 Å². The van der Waals surface area contributed by atoms with E-state index in [0.717, 1.165) is 6.42 Å². The summed E-state index contributed by atoms with van der Waals surface area (Å²) in [5.41, 5.74) is 0. The van der Waals surface area contributed by atoms with Gasteiger partial charge in [-0.2, -0.15) is 0 Å². The lowest BCUT2D eigenvalue weighted by Gasteiger charge is -2.11. The van der Waals surface area contributed by atoms with Gasteiger partial charge in [0.2, 0.25) is 10.0 Å². The number of furan rings is 1. The lowest BCUT2D eigenvalue weighted by molar-refractivity contribution is 0.0908. The highest BCUT2D eigenvalue weighted by atomic mass is 32.2. The van der Waals surface area contributed by atoms with Gasteiger partial charge in [0.25, 0.3) is 5.91 Å². The van der Waals surface area contributed by atoms with Crippen LogP contribution in [0.15, 0.2) is 15.4 Å². The lowest BCUT2D eigenvalue weighted by Crippen LogP contribution is -2.32. The van der Waals surface area contributed by atoms with Crippen molar-refractivity contribution in [1.29, 1.82) is 0 Å². The van der Waals surface area contributed by atoms with Crippen LogP contribution >= 0.6 is 0 Å². The second kappa shape index (κ2) is 4.97. The minimum absolute atomic E-state index is 0.0239. The van der Waals surface area contributed by atoms with Crippen LogP contribution in [0.3, 0.4) is 0 Å². The van der Waals surface area contributed by atoms with Crippen LogP contribution < -0.4 is 10.5 Å². The van der Waals surface area contributed by atoms with Crippen LogP contribution in [0.4, 0.5) is 0 Å². The second-order valence-electron chi connectivity index (χ2n) is 5.13. The van der Waals surface area contributed by atoms with Gasteiger partial charge in [0, 0.05) is 12.1 Å². The molecule has 0 saturated heterocycles. The molecule has 1 aromatic rings. The van der Waals surface area contributed by atoms with Gasteiger partial charge in [0.15, 0.2) is 5.76 Å². The van der Waals surface area contributed by atoms with Gasteiger partial charge in [0.1, 0.15) is 10.7 Å². The Morgan fingerprint density at radius 3 is 2.68 bits per heavy atom. The van der Waals surface area contributed by atoms with Gasteiger partial charge < -0.3 is 9.73 Å². The number of nitrogens with one attached hydrogen (secondary N) is 1. The van der Waals surface area contributed by atoms with Gasteiger partial charge >= 0.3 is 0 Å². The molecule has 3 N–H and O–H groups in total. The lowest BCUT2D eigenvalue weighted by atomic mass is 10.1. The first-order valence-corrected chi connectivity index (χ1v) is 7.76. The summed E-state index contributed by atoms with van der Waals surface area (Å²) >= 11 is 0. The van der Waals surface area contributed by atoms with Gasteiger partial charge in [-0.1, -0.05) is 12.8 Å². The van der Waals surface area contributed by atoms with E-state index in [1.54, 1.807) is 0 Å². The van der Waals surface area contributed by atoms with Crippen molar-refractivity contribution in [3.05, 3.63) is 17.6 Å². The highest BCUT2D eigenvalue weighted by Crippen LogP contribution is 2.33. The van der Waals surface area contributed by atoms with E-state index >= 15 is 0 Å². The first-order chi connectivity index (χ1) is 8.77. The third-order valence-electron chi connectivity index (χ3n) is 3.16. The highest BCUT2D eigenvalue weighted by molar-refractivity contribution is 7.89. The van der Waals surface area contributed by atoms with Crippen molar-refractivity contribution >= 4 is 15.9 Å². The van der Waals surface area contributed by atoms with Crippen molar-refractivity contribution in [1.82, 2.24) is 5.32 Å². The minimum atomic E-state index is -3.86. The van der Waals surface area contributed by atoms with E-state index in [0.29, 0.717) is 5.92 Å². The molecule has 1 saturated carbocycles. The SMILES string of the molecule is Cc1oc(C(=O)NC(C)CC2CC2)cc1S(N)(=O)=O. The Hall–Kier alpha value is -1.34. The largest absolute Gasteiger partial charge is 0.455 e. The second-order valence-corrected chi connectivity index (χ2v) is 6.66. The number of carbonyl (C=O) groups excluding carboxylic acids is 1. The summed E-state index contributed by atoms with van der Waals surface area (Å²) in [6.07, 6.45) is 3.37. The molecular weight excluding hydrogens is 268 g/mol. The summed E-state index contributed by atoms with van der Waals surface area (Å²) in [7, 11) is -3.86. The zero-order chi connectivity index (χ0) is 14.2. The standard InChI is InChI=1S/C12H18N2O4S/c1-7(5-9-3-4-9)14-12(15)10-6-11(8(2)18-10)19(13,16)17/h6-7,9H,3-5H2,1-2H3,(H,14,15)(H2,13,16,17). The molecule has 1 fully saturated rings. The average Bonchev–Trinajstić information content (AvgIpc) is 2.96. The van der Waals surface area contributed by atoms with Crippen LogP contribution in [0.25, 0.3) is 0 Å². The molecule has 0 radical (unpaired) electrons. The van der Waals surface area contributed by atoms with E-state index in [1.807, 2.05) is 6.92 Å². The van der Waals surface area contributed by atoms with E-state index in [-0.39, 0.29) is 22.5 Å². The molecule has 1 unspecified atom stereocenters. The van der Waals surface area contributed by atoms with Crippen LogP contribution in [0.1, 0.15) is 42.5 Å². The number of nitrogens with two attached hydrogens (primary N) is 1. The fourth-order valence-corrected chi connectivity index (χ4v) is 2.78. The normalized spacial score (nSPS) is 17.2. The Bertz CT molecular complexity index is 587. The van der Waals surface area contributed by atoms with Crippen molar-refractivity contribution in [2.45, 2.75) is 44.0 Å². The van der Waals surface area contributed by atoms with Gasteiger partial charge in [-0.05, 0) is 26.2 Å². The third-order valence-corrected chi connectivity index (χ3v) is 4.18. The molecule has 1 aromatic heterocycles. The summed E-state index contributed by atoms with van der Waals surface area (Å²) in [5.74, 6) is 0.395. The fraction of sp³-hybridized carbons (Fsp3) is 0.583. The quantitative estimate of drug-likeness (QED) is 0.847. The predicted octanol–water partition coefficient (Wildman–Crippen LogP) is 1.15. The molecule has 106 valence electrons. The van der Waals surface area contributed by atoms with Crippen LogP contribution in [0, 0.1) is 12.8 Å². The van der Waals surface area contributed by atoms with E-state index in [4.69, 9.17) is 9.56 Å². The molecule has 0 spiro atoms. The summed E-state index contributed by atoms with van der Waals surface area (Å²) in [4.78, 5) is 11.8. The van der Waals surface area contributed by atoms with E-state index in [1.165, 1.54) is 25.8 Å². The number of primary sulfonamides is 1. The summed E-state index contributed by atoms with van der Waals surface area (Å²) in [6.45, 7) is 3.39. The number of aryl methyl sites for hydroxylation is 1. The molecule has 2 rings (SSSR count). The molecule has 7 heteroatoms. The number of amides is 1. The summed E-state index contributed by atoms with van der Waals surface area (Å²) in [5, 5.41) is 7.82. The summed E-state index contributed by atoms with van der Waals surface area (Å²) < 4.78 is 27.7. The molecule has 0 bridgehead atoms. The predicted molar refractivity (Wildman–Crippen MR) is 69.1 cm³/mol. The average molecular weight is 286 g/mol. The van der Waals surface area contributed by atoms with Crippen molar-refractivity contribution in [2.24, 2.45) is 11.1 Å². The number of sulfonamides is 1. The molecule has 19 heavy (non-hydrogen) atoms. The number of hydrogen-bond donors (Lipinski definition) is 2. The molecule has 0 aliphatic heterocycles. The highest BCUT2D eigenvalue weighted by Gasteiger charge is 2.26. The van der Waals surface area contributed by atoms with Gasteiger partial charge in [0.05, 0.1) is 0 Å². The van der Waals surface area contributed by atoms with Gasteiger partial charge in [-0.3, -0.25) is 4.79 Å². The smallest absolute Gasteiger partial charge is 0.287 e. The molecule has 1 aliphatic carbocycles. The van der Waals surface area contributed by atoms with Gasteiger partial charge in [-0.15, -0.1) is 0 Å². The van der Waals surface area contributed by atoms with E-state index < -0.39 is 15.9 Å². The van der Waals surface area contributed by atoms with E-state index in [9.17, 15) is 13.2 Å². The van der Waals surface area contributed by atoms with Crippen LogP contribution in [-0.4, -0.2) is 20.4 Å². The first kappa shape index (κ1) is 14.1.